The third kappa shape index (κ3) is 7.28. The first kappa shape index (κ1) is 25.4. The second-order valence-electron chi connectivity index (χ2n) is 7.11. The van der Waals surface area contributed by atoms with Crippen molar-refractivity contribution < 1.29 is 4.79 Å². The third-order valence-electron chi connectivity index (χ3n) is 4.66. The minimum absolute atomic E-state index is 0. The maximum Gasteiger partial charge on any atom is 0.253 e. The molecule has 0 bridgehead atoms. The van der Waals surface area contributed by atoms with Gasteiger partial charge in [-0.05, 0) is 54.6 Å². The number of aromatic nitrogens is 3. The molecular weight excluding hydrogens is 479 g/mol. The molecule has 2 heterocycles. The van der Waals surface area contributed by atoms with Crippen LogP contribution in [0.25, 0.3) is 0 Å². The number of halogens is 3. The molecule has 1 aliphatic rings. The number of nitrogens with zero attached hydrogens (tertiary/aromatic N) is 4. The molecule has 7 nitrogen and oxygen atoms in total. The predicted octanol–water partition coefficient (Wildman–Crippen LogP) is 4.01. The molecule has 0 unspecified atom stereocenters. The quantitative estimate of drug-likeness (QED) is 0.638. The summed E-state index contributed by atoms with van der Waals surface area (Å²) in [5.74, 6) is 2.45. The van der Waals surface area contributed by atoms with Crippen molar-refractivity contribution in [2.24, 2.45) is 0 Å². The van der Waals surface area contributed by atoms with E-state index in [1.165, 1.54) is 0 Å². The van der Waals surface area contributed by atoms with Crippen LogP contribution in [0.5, 0.6) is 0 Å². The van der Waals surface area contributed by atoms with Gasteiger partial charge < -0.3 is 15.5 Å². The molecule has 1 aliphatic carbocycles. The van der Waals surface area contributed by atoms with E-state index in [1.807, 2.05) is 32.0 Å². The molecule has 0 atom stereocenters. The fourth-order valence-corrected chi connectivity index (χ4v) is 3.62. The first-order valence-corrected chi connectivity index (χ1v) is 9.91. The molecule has 10 heteroatoms. The molecule has 3 rings (SSSR count). The highest BCUT2D eigenvalue weighted by atomic mass is 79.9. The topological polar surface area (TPSA) is 83.0 Å². The lowest BCUT2D eigenvalue weighted by Crippen LogP contribution is -2.40. The molecule has 0 aromatic carbocycles. The second kappa shape index (κ2) is 11.5. The summed E-state index contributed by atoms with van der Waals surface area (Å²) in [5, 5.41) is 6.64. The minimum Gasteiger partial charge on any atom is -0.367 e. The van der Waals surface area contributed by atoms with Gasteiger partial charge in [0.1, 0.15) is 17.5 Å². The summed E-state index contributed by atoms with van der Waals surface area (Å²) >= 11 is 3.35. The van der Waals surface area contributed by atoms with Gasteiger partial charge in [-0.15, -0.1) is 24.8 Å². The number of carbonyl (C=O) groups is 1. The first-order chi connectivity index (χ1) is 12.9. The number of carbonyl (C=O) groups excluding carboxylic acids is 1. The summed E-state index contributed by atoms with van der Waals surface area (Å²) in [6.45, 7) is 1.90. The summed E-state index contributed by atoms with van der Waals surface area (Å²) < 4.78 is 0.806. The zero-order valence-electron chi connectivity index (χ0n) is 16.7. The van der Waals surface area contributed by atoms with Crippen molar-refractivity contribution in [3.63, 3.8) is 0 Å². The third-order valence-corrected chi connectivity index (χ3v) is 5.10. The van der Waals surface area contributed by atoms with Crippen LogP contribution < -0.4 is 15.5 Å². The Morgan fingerprint density at radius 2 is 1.72 bits per heavy atom. The van der Waals surface area contributed by atoms with Crippen molar-refractivity contribution in [1.29, 1.82) is 0 Å². The van der Waals surface area contributed by atoms with E-state index in [4.69, 9.17) is 0 Å². The Hall–Kier alpha value is -1.64. The number of hydrogen-bond acceptors (Lipinski definition) is 6. The SMILES string of the molecule is Cc1nc(NC2CCC(NC(=O)c3cncc(Br)c3)CC2)cc(N(C)C)n1.Cl.Cl. The molecule has 1 fully saturated rings. The standard InChI is InChI=1S/C19H25BrN6O.2ClH/c1-12-22-17(9-18(23-12)26(2)3)24-15-4-6-16(7-5-15)25-19(27)13-8-14(20)11-21-10-13;;/h8-11,15-16H,4-7H2,1-3H3,(H,25,27)(H,22,23,24);2*1H. The van der Waals surface area contributed by atoms with Gasteiger partial charge in [-0.3, -0.25) is 9.78 Å². The van der Waals surface area contributed by atoms with Crippen LogP contribution in [0, 0.1) is 6.92 Å². The summed E-state index contributed by atoms with van der Waals surface area (Å²) in [7, 11) is 3.94. The van der Waals surface area contributed by atoms with Gasteiger partial charge in [0, 0.05) is 49.1 Å². The van der Waals surface area contributed by atoms with Crippen molar-refractivity contribution in [2.75, 3.05) is 24.3 Å². The van der Waals surface area contributed by atoms with E-state index >= 15 is 0 Å². The highest BCUT2D eigenvalue weighted by molar-refractivity contribution is 9.10. The Balaban J connectivity index is 0.00000210. The lowest BCUT2D eigenvalue weighted by molar-refractivity contribution is 0.0926. The van der Waals surface area contributed by atoms with E-state index in [-0.39, 0.29) is 36.8 Å². The van der Waals surface area contributed by atoms with Crippen LogP contribution in [0.15, 0.2) is 29.0 Å². The number of anilines is 2. The molecule has 29 heavy (non-hydrogen) atoms. The Bertz CT molecular complexity index is 815. The Morgan fingerprint density at radius 1 is 1.07 bits per heavy atom. The van der Waals surface area contributed by atoms with Gasteiger partial charge in [0.15, 0.2) is 0 Å². The first-order valence-electron chi connectivity index (χ1n) is 9.11. The molecule has 0 radical (unpaired) electrons. The highest BCUT2D eigenvalue weighted by Crippen LogP contribution is 2.23. The molecule has 2 N–H and O–H groups in total. The molecule has 2 aromatic heterocycles. The number of amides is 1. The van der Waals surface area contributed by atoms with Crippen LogP contribution in [0.3, 0.4) is 0 Å². The van der Waals surface area contributed by atoms with Gasteiger partial charge in [-0.25, -0.2) is 9.97 Å². The molecule has 0 saturated heterocycles. The monoisotopic (exact) mass is 504 g/mol. The van der Waals surface area contributed by atoms with Gasteiger partial charge in [0.2, 0.25) is 0 Å². The van der Waals surface area contributed by atoms with E-state index in [0.717, 1.165) is 47.6 Å². The van der Waals surface area contributed by atoms with Crippen molar-refractivity contribution in [3.05, 3.63) is 40.4 Å². The van der Waals surface area contributed by atoms with Crippen molar-refractivity contribution in [3.8, 4) is 0 Å². The van der Waals surface area contributed by atoms with Crippen LogP contribution in [-0.4, -0.2) is 47.0 Å². The number of nitrogens with one attached hydrogen (secondary N) is 2. The van der Waals surface area contributed by atoms with Crippen LogP contribution in [0.2, 0.25) is 0 Å². The number of hydrogen-bond donors (Lipinski definition) is 2. The van der Waals surface area contributed by atoms with Crippen molar-refractivity contribution in [1.82, 2.24) is 20.3 Å². The summed E-state index contributed by atoms with van der Waals surface area (Å²) in [4.78, 5) is 27.3. The van der Waals surface area contributed by atoms with Gasteiger partial charge in [0.25, 0.3) is 5.91 Å². The number of rotatable bonds is 5. The van der Waals surface area contributed by atoms with Crippen LogP contribution in [-0.2, 0) is 0 Å². The maximum absolute atomic E-state index is 12.4. The lowest BCUT2D eigenvalue weighted by Gasteiger charge is -2.30. The molecular formula is C19H27BrCl2N6O. The van der Waals surface area contributed by atoms with Crippen LogP contribution >= 0.6 is 40.7 Å². The van der Waals surface area contributed by atoms with Gasteiger partial charge in [-0.1, -0.05) is 0 Å². The largest absolute Gasteiger partial charge is 0.367 e. The smallest absolute Gasteiger partial charge is 0.253 e. The van der Waals surface area contributed by atoms with Crippen LogP contribution in [0.4, 0.5) is 11.6 Å². The average molecular weight is 506 g/mol. The van der Waals surface area contributed by atoms with E-state index in [9.17, 15) is 4.79 Å². The van der Waals surface area contributed by atoms with Gasteiger partial charge >= 0.3 is 0 Å². The Kier molecular flexibility index (Phi) is 10.1. The predicted molar refractivity (Wildman–Crippen MR) is 125 cm³/mol. The van der Waals surface area contributed by atoms with Gasteiger partial charge in [-0.2, -0.15) is 0 Å². The van der Waals surface area contributed by atoms with E-state index in [1.54, 1.807) is 18.5 Å². The maximum atomic E-state index is 12.4. The van der Waals surface area contributed by atoms with E-state index in [2.05, 4.69) is 41.5 Å². The fraction of sp³-hybridized carbons (Fsp3) is 0.474. The van der Waals surface area contributed by atoms with Gasteiger partial charge in [0.05, 0.1) is 5.56 Å². The molecule has 2 aromatic rings. The van der Waals surface area contributed by atoms with E-state index in [0.29, 0.717) is 11.6 Å². The molecule has 1 amide bonds. The molecule has 1 saturated carbocycles. The van der Waals surface area contributed by atoms with Crippen molar-refractivity contribution >= 4 is 58.3 Å². The zero-order valence-corrected chi connectivity index (χ0v) is 19.9. The number of pyridine rings is 1. The lowest BCUT2D eigenvalue weighted by atomic mass is 9.91. The zero-order chi connectivity index (χ0) is 19.4. The highest BCUT2D eigenvalue weighted by Gasteiger charge is 2.23. The Morgan fingerprint density at radius 3 is 2.34 bits per heavy atom. The summed E-state index contributed by atoms with van der Waals surface area (Å²) in [5.41, 5.74) is 0.581. The normalized spacial score (nSPS) is 18.1. The second-order valence-corrected chi connectivity index (χ2v) is 8.03. The number of aryl methyl sites for hydroxylation is 1. The molecule has 0 spiro atoms. The van der Waals surface area contributed by atoms with Crippen LogP contribution in [0.1, 0.15) is 41.9 Å². The Labute approximate surface area is 192 Å². The molecule has 0 aliphatic heterocycles. The summed E-state index contributed by atoms with van der Waals surface area (Å²) in [6, 6.07) is 4.31. The average Bonchev–Trinajstić information content (AvgIpc) is 2.63. The summed E-state index contributed by atoms with van der Waals surface area (Å²) in [6.07, 6.45) is 7.12. The van der Waals surface area contributed by atoms with E-state index < -0.39 is 0 Å². The minimum atomic E-state index is -0.0674. The van der Waals surface area contributed by atoms with Crippen molar-refractivity contribution in [2.45, 2.75) is 44.7 Å². The molecule has 160 valence electrons. The fourth-order valence-electron chi connectivity index (χ4n) is 3.25.